The molecule has 108 valence electrons. The monoisotopic (exact) mass is 295 g/mol. The topological polar surface area (TPSA) is 43.8 Å². The summed E-state index contributed by atoms with van der Waals surface area (Å²) in [4.78, 5) is 0. The molecule has 0 fully saturated rings. The Labute approximate surface area is 123 Å². The van der Waals surface area contributed by atoms with Crippen molar-refractivity contribution >= 4 is 11.6 Å². The van der Waals surface area contributed by atoms with E-state index < -0.39 is 5.82 Å². The molecule has 2 N–H and O–H groups in total. The molecule has 2 rings (SSSR count). The van der Waals surface area contributed by atoms with Crippen LogP contribution in [0.25, 0.3) is 0 Å². The second kappa shape index (κ2) is 5.94. The van der Waals surface area contributed by atoms with Gasteiger partial charge in [0.05, 0.1) is 17.3 Å². The molecule has 1 unspecified atom stereocenters. The van der Waals surface area contributed by atoms with Crippen molar-refractivity contribution < 1.29 is 4.39 Å². The Morgan fingerprint density at radius 2 is 2.10 bits per heavy atom. The van der Waals surface area contributed by atoms with Crippen molar-refractivity contribution in [1.29, 1.82) is 0 Å². The first-order valence-electron chi connectivity index (χ1n) is 6.67. The Bertz CT molecular complexity index is 622. The fourth-order valence-corrected chi connectivity index (χ4v) is 2.53. The third-order valence-corrected chi connectivity index (χ3v) is 3.87. The van der Waals surface area contributed by atoms with E-state index >= 15 is 0 Å². The van der Waals surface area contributed by atoms with Gasteiger partial charge in [-0.2, -0.15) is 5.10 Å². The maximum atomic E-state index is 13.5. The molecule has 2 aromatic rings. The fraction of sp³-hybridized carbons (Fsp3) is 0.400. The predicted octanol–water partition coefficient (Wildman–Crippen LogP) is 3.75. The highest BCUT2D eigenvalue weighted by molar-refractivity contribution is 6.30. The highest BCUT2D eigenvalue weighted by atomic mass is 35.5. The van der Waals surface area contributed by atoms with Gasteiger partial charge in [0.1, 0.15) is 5.82 Å². The summed E-state index contributed by atoms with van der Waals surface area (Å²) in [6, 6.07) is 4.81. The summed E-state index contributed by atoms with van der Waals surface area (Å²) in [6.45, 7) is 6.51. The zero-order valence-electron chi connectivity index (χ0n) is 12.0. The van der Waals surface area contributed by atoms with Gasteiger partial charge in [0.25, 0.3) is 0 Å². The van der Waals surface area contributed by atoms with E-state index in [9.17, 15) is 4.39 Å². The van der Waals surface area contributed by atoms with Gasteiger partial charge >= 0.3 is 0 Å². The Morgan fingerprint density at radius 3 is 2.70 bits per heavy atom. The number of aryl methyl sites for hydroxylation is 1. The number of halogens is 2. The molecule has 0 saturated heterocycles. The van der Waals surface area contributed by atoms with Gasteiger partial charge in [0.15, 0.2) is 0 Å². The summed E-state index contributed by atoms with van der Waals surface area (Å²) in [7, 11) is 0. The molecular formula is C15H19ClFN3. The molecule has 0 aliphatic carbocycles. The van der Waals surface area contributed by atoms with Crippen molar-refractivity contribution in [3.63, 3.8) is 0 Å². The molecule has 5 heteroatoms. The second-order valence-corrected chi connectivity index (χ2v) is 5.41. The van der Waals surface area contributed by atoms with Crippen molar-refractivity contribution in [1.82, 2.24) is 9.78 Å². The van der Waals surface area contributed by atoms with Crippen LogP contribution >= 0.6 is 11.6 Å². The molecule has 1 heterocycles. The minimum absolute atomic E-state index is 0.00861. The van der Waals surface area contributed by atoms with Gasteiger partial charge in [-0.25, -0.2) is 4.39 Å². The number of nitrogens with zero attached hydrogens (tertiary/aromatic N) is 2. The summed E-state index contributed by atoms with van der Waals surface area (Å²) in [5.41, 5.74) is 10.00. The van der Waals surface area contributed by atoms with Gasteiger partial charge in [-0.15, -0.1) is 0 Å². The van der Waals surface area contributed by atoms with Crippen LogP contribution in [0.3, 0.4) is 0 Å². The maximum Gasteiger partial charge on any atom is 0.142 e. The lowest BCUT2D eigenvalue weighted by Crippen LogP contribution is -2.11. The van der Waals surface area contributed by atoms with E-state index in [2.05, 4.69) is 12.0 Å². The molecule has 0 bridgehead atoms. The van der Waals surface area contributed by atoms with Crippen LogP contribution in [0.4, 0.5) is 4.39 Å². The van der Waals surface area contributed by atoms with E-state index in [0.717, 1.165) is 28.9 Å². The van der Waals surface area contributed by atoms with Crippen LogP contribution in [0, 0.1) is 19.7 Å². The molecule has 1 aromatic carbocycles. The third-order valence-electron chi connectivity index (χ3n) is 3.56. The highest BCUT2D eigenvalue weighted by Gasteiger charge is 2.16. The lowest BCUT2D eigenvalue weighted by atomic mass is 10.0. The van der Waals surface area contributed by atoms with Crippen LogP contribution in [0.5, 0.6) is 0 Å². The summed E-state index contributed by atoms with van der Waals surface area (Å²) in [5, 5.41) is 4.64. The molecule has 0 aliphatic rings. The fourth-order valence-electron chi connectivity index (χ4n) is 2.42. The Morgan fingerprint density at radius 1 is 1.40 bits per heavy atom. The number of nitrogens with two attached hydrogens (primary N) is 1. The summed E-state index contributed by atoms with van der Waals surface area (Å²) in [5.74, 6) is -0.406. The molecule has 0 spiro atoms. The highest BCUT2D eigenvalue weighted by Crippen LogP contribution is 2.23. The van der Waals surface area contributed by atoms with Gasteiger partial charge in [-0.1, -0.05) is 24.6 Å². The summed E-state index contributed by atoms with van der Waals surface area (Å²) in [6.07, 6.45) is 0.864. The molecular weight excluding hydrogens is 277 g/mol. The van der Waals surface area contributed by atoms with Crippen LogP contribution in [0.15, 0.2) is 18.2 Å². The number of rotatable bonds is 4. The first-order valence-corrected chi connectivity index (χ1v) is 7.05. The third kappa shape index (κ3) is 2.86. The van der Waals surface area contributed by atoms with Crippen LogP contribution < -0.4 is 5.73 Å². The maximum absolute atomic E-state index is 13.5. The van der Waals surface area contributed by atoms with E-state index in [1.807, 2.05) is 18.5 Å². The molecule has 20 heavy (non-hydrogen) atoms. The number of hydrogen-bond donors (Lipinski definition) is 1. The van der Waals surface area contributed by atoms with E-state index in [0.29, 0.717) is 6.54 Å². The van der Waals surface area contributed by atoms with Crippen LogP contribution in [-0.2, 0) is 6.54 Å². The Hall–Kier alpha value is -1.39. The van der Waals surface area contributed by atoms with Gasteiger partial charge in [-0.3, -0.25) is 4.68 Å². The van der Waals surface area contributed by atoms with E-state index in [4.69, 9.17) is 17.3 Å². The minimum Gasteiger partial charge on any atom is -0.324 e. The Kier molecular flexibility index (Phi) is 4.45. The molecule has 0 saturated carbocycles. The number of aromatic nitrogens is 2. The zero-order chi connectivity index (χ0) is 14.9. The van der Waals surface area contributed by atoms with Gasteiger partial charge in [0.2, 0.25) is 0 Å². The van der Waals surface area contributed by atoms with Crippen molar-refractivity contribution in [2.24, 2.45) is 5.73 Å². The molecule has 1 atom stereocenters. The van der Waals surface area contributed by atoms with Crippen LogP contribution in [0.2, 0.25) is 5.02 Å². The summed E-state index contributed by atoms with van der Waals surface area (Å²) >= 11 is 5.69. The number of hydrogen-bond acceptors (Lipinski definition) is 2. The quantitative estimate of drug-likeness (QED) is 0.933. The minimum atomic E-state index is -0.406. The lowest BCUT2D eigenvalue weighted by molar-refractivity contribution is 0.615. The van der Waals surface area contributed by atoms with E-state index in [1.165, 1.54) is 6.07 Å². The van der Waals surface area contributed by atoms with Crippen LogP contribution in [0.1, 0.15) is 41.9 Å². The lowest BCUT2D eigenvalue weighted by Gasteiger charge is -2.10. The SMILES string of the molecule is CCC(N)c1c(C)nn(Cc2ccc(Cl)c(F)c2)c1C. The first-order chi connectivity index (χ1) is 9.43. The van der Waals surface area contributed by atoms with Gasteiger partial charge in [-0.05, 0) is 38.0 Å². The summed E-state index contributed by atoms with van der Waals surface area (Å²) < 4.78 is 15.3. The van der Waals surface area contributed by atoms with Crippen molar-refractivity contribution in [2.75, 3.05) is 0 Å². The Balaban J connectivity index is 2.32. The predicted molar refractivity (Wildman–Crippen MR) is 79.4 cm³/mol. The zero-order valence-corrected chi connectivity index (χ0v) is 12.7. The van der Waals surface area contributed by atoms with Crippen LogP contribution in [-0.4, -0.2) is 9.78 Å². The largest absolute Gasteiger partial charge is 0.324 e. The molecule has 0 radical (unpaired) electrons. The standard InChI is InChI=1S/C15H19ClFN3/c1-4-14(18)15-9(2)19-20(10(15)3)8-11-5-6-12(16)13(17)7-11/h5-7,14H,4,8,18H2,1-3H3. The van der Waals surface area contributed by atoms with Crippen molar-refractivity contribution in [3.8, 4) is 0 Å². The smallest absolute Gasteiger partial charge is 0.142 e. The van der Waals surface area contributed by atoms with Gasteiger partial charge in [0, 0.05) is 17.3 Å². The van der Waals surface area contributed by atoms with Gasteiger partial charge < -0.3 is 5.73 Å². The van der Waals surface area contributed by atoms with Crippen molar-refractivity contribution in [2.45, 2.75) is 39.8 Å². The average molecular weight is 296 g/mol. The average Bonchev–Trinajstić information content (AvgIpc) is 2.68. The second-order valence-electron chi connectivity index (χ2n) is 5.01. The molecule has 1 aromatic heterocycles. The first kappa shape index (κ1) is 15.0. The van der Waals surface area contributed by atoms with E-state index in [1.54, 1.807) is 12.1 Å². The molecule has 0 aliphatic heterocycles. The molecule has 0 amide bonds. The van der Waals surface area contributed by atoms with E-state index in [-0.39, 0.29) is 11.1 Å². The van der Waals surface area contributed by atoms with Crippen molar-refractivity contribution in [3.05, 3.63) is 51.6 Å². The molecule has 3 nitrogen and oxygen atoms in total. The normalized spacial score (nSPS) is 12.7. The number of benzene rings is 1.